The summed E-state index contributed by atoms with van der Waals surface area (Å²) in [6.45, 7) is 0.0821. The Morgan fingerprint density at radius 3 is 2.18 bits per heavy atom. The van der Waals surface area contributed by atoms with Gasteiger partial charge in [-0.05, 0) is 24.3 Å². The third-order valence-electron chi connectivity index (χ3n) is 3.69. The summed E-state index contributed by atoms with van der Waals surface area (Å²) in [6.07, 6.45) is -0.0299. The predicted octanol–water partition coefficient (Wildman–Crippen LogP) is 1.94. The van der Waals surface area contributed by atoms with Crippen LogP contribution < -0.4 is 25.6 Å². The van der Waals surface area contributed by atoms with Crippen molar-refractivity contribution in [2.24, 2.45) is 0 Å². The molecule has 0 unspecified atom stereocenters. The SMILES string of the molecule is COc1cc(OC)cc(C(=O)NNC(=O)CCNC(=O)c2ccccc2Cl)c1. The summed E-state index contributed by atoms with van der Waals surface area (Å²) in [5, 5.41) is 2.91. The number of benzene rings is 2. The zero-order chi connectivity index (χ0) is 20.5. The first kappa shape index (κ1) is 21.0. The lowest BCUT2D eigenvalue weighted by Crippen LogP contribution is -2.42. The van der Waals surface area contributed by atoms with Crippen molar-refractivity contribution >= 4 is 29.3 Å². The van der Waals surface area contributed by atoms with Gasteiger partial charge in [-0.2, -0.15) is 0 Å². The van der Waals surface area contributed by atoms with Crippen LogP contribution in [0.2, 0.25) is 5.02 Å². The first-order chi connectivity index (χ1) is 13.4. The molecular weight excluding hydrogens is 386 g/mol. The number of hydrogen-bond donors (Lipinski definition) is 3. The van der Waals surface area contributed by atoms with Gasteiger partial charge in [0.25, 0.3) is 11.8 Å². The van der Waals surface area contributed by atoms with E-state index in [1.165, 1.54) is 26.4 Å². The number of carbonyl (C=O) groups excluding carboxylic acids is 3. The number of hydrazine groups is 1. The van der Waals surface area contributed by atoms with Crippen molar-refractivity contribution in [3.63, 3.8) is 0 Å². The van der Waals surface area contributed by atoms with Gasteiger partial charge in [-0.15, -0.1) is 0 Å². The number of rotatable bonds is 7. The Labute approximate surface area is 167 Å². The molecule has 0 aliphatic carbocycles. The molecule has 2 aromatic carbocycles. The number of halogens is 1. The van der Waals surface area contributed by atoms with Crippen LogP contribution in [0.15, 0.2) is 42.5 Å². The van der Waals surface area contributed by atoms with Crippen LogP contribution in [-0.2, 0) is 4.79 Å². The highest BCUT2D eigenvalue weighted by atomic mass is 35.5. The van der Waals surface area contributed by atoms with Gasteiger partial charge < -0.3 is 14.8 Å². The second kappa shape index (κ2) is 10.2. The molecule has 3 amide bonds. The predicted molar refractivity (Wildman–Crippen MR) is 104 cm³/mol. The van der Waals surface area contributed by atoms with E-state index in [1.54, 1.807) is 30.3 Å². The Balaban J connectivity index is 1.80. The van der Waals surface area contributed by atoms with E-state index in [4.69, 9.17) is 21.1 Å². The molecule has 9 heteroatoms. The molecule has 0 aromatic heterocycles. The minimum atomic E-state index is -0.536. The third-order valence-corrected chi connectivity index (χ3v) is 4.01. The molecule has 0 radical (unpaired) electrons. The van der Waals surface area contributed by atoms with Gasteiger partial charge in [0.15, 0.2) is 0 Å². The molecular formula is C19H20ClN3O5. The maximum atomic E-state index is 12.2. The number of nitrogens with one attached hydrogen (secondary N) is 3. The Morgan fingerprint density at radius 1 is 0.929 bits per heavy atom. The average Bonchev–Trinajstić information content (AvgIpc) is 2.71. The van der Waals surface area contributed by atoms with E-state index in [1.807, 2.05) is 0 Å². The van der Waals surface area contributed by atoms with Crippen molar-refractivity contribution in [2.75, 3.05) is 20.8 Å². The van der Waals surface area contributed by atoms with Gasteiger partial charge in [-0.3, -0.25) is 25.2 Å². The highest BCUT2D eigenvalue weighted by Gasteiger charge is 2.12. The number of hydrogen-bond acceptors (Lipinski definition) is 5. The Kier molecular flexibility index (Phi) is 7.65. The second-order valence-corrected chi connectivity index (χ2v) is 6.00. The van der Waals surface area contributed by atoms with Crippen LogP contribution in [0.5, 0.6) is 11.5 Å². The van der Waals surface area contributed by atoms with Crippen LogP contribution in [-0.4, -0.2) is 38.5 Å². The molecule has 0 saturated carbocycles. The highest BCUT2D eigenvalue weighted by molar-refractivity contribution is 6.33. The van der Waals surface area contributed by atoms with E-state index in [-0.39, 0.29) is 24.4 Å². The van der Waals surface area contributed by atoms with Crippen LogP contribution in [0.1, 0.15) is 27.1 Å². The number of carbonyl (C=O) groups is 3. The van der Waals surface area contributed by atoms with Crippen LogP contribution >= 0.6 is 11.6 Å². The van der Waals surface area contributed by atoms with E-state index in [9.17, 15) is 14.4 Å². The summed E-state index contributed by atoms with van der Waals surface area (Å²) >= 11 is 5.94. The minimum absolute atomic E-state index is 0.0299. The topological polar surface area (TPSA) is 106 Å². The lowest BCUT2D eigenvalue weighted by atomic mass is 10.2. The summed E-state index contributed by atoms with van der Waals surface area (Å²) in [7, 11) is 2.93. The van der Waals surface area contributed by atoms with Crippen molar-refractivity contribution in [1.29, 1.82) is 0 Å². The summed E-state index contributed by atoms with van der Waals surface area (Å²) < 4.78 is 10.2. The highest BCUT2D eigenvalue weighted by Crippen LogP contribution is 2.22. The molecule has 3 N–H and O–H groups in total. The van der Waals surface area contributed by atoms with Gasteiger partial charge in [-0.1, -0.05) is 23.7 Å². The van der Waals surface area contributed by atoms with E-state index >= 15 is 0 Å². The smallest absolute Gasteiger partial charge is 0.269 e. The molecule has 2 rings (SSSR count). The summed E-state index contributed by atoms with van der Waals surface area (Å²) in [5.74, 6) is -0.504. The first-order valence-electron chi connectivity index (χ1n) is 8.29. The fraction of sp³-hybridized carbons (Fsp3) is 0.211. The third kappa shape index (κ3) is 5.88. The van der Waals surface area contributed by atoms with Crippen molar-refractivity contribution in [3.05, 3.63) is 58.6 Å². The Hall–Kier alpha value is -3.26. The lowest BCUT2D eigenvalue weighted by Gasteiger charge is -2.10. The maximum absolute atomic E-state index is 12.2. The van der Waals surface area contributed by atoms with Crippen LogP contribution in [0.3, 0.4) is 0 Å². The van der Waals surface area contributed by atoms with Gasteiger partial charge in [-0.25, -0.2) is 0 Å². The fourth-order valence-electron chi connectivity index (χ4n) is 2.23. The Morgan fingerprint density at radius 2 is 1.57 bits per heavy atom. The quantitative estimate of drug-likeness (QED) is 0.610. The molecule has 2 aromatic rings. The molecule has 0 fully saturated rings. The standard InChI is InChI=1S/C19H20ClN3O5/c1-27-13-9-12(10-14(11-13)28-2)18(25)23-22-17(24)7-8-21-19(26)15-5-3-4-6-16(15)20/h3-6,9-11H,7-8H2,1-2H3,(H,21,26)(H,22,24)(H,23,25). The minimum Gasteiger partial charge on any atom is -0.497 e. The zero-order valence-corrected chi connectivity index (χ0v) is 16.1. The van der Waals surface area contributed by atoms with Gasteiger partial charge in [0, 0.05) is 24.6 Å². The van der Waals surface area contributed by atoms with E-state index in [2.05, 4.69) is 16.2 Å². The summed E-state index contributed by atoms with van der Waals surface area (Å²) in [5.41, 5.74) is 5.16. The fourth-order valence-corrected chi connectivity index (χ4v) is 2.45. The molecule has 8 nitrogen and oxygen atoms in total. The molecule has 0 atom stereocenters. The van der Waals surface area contributed by atoms with Crippen molar-refractivity contribution in [3.8, 4) is 11.5 Å². The second-order valence-electron chi connectivity index (χ2n) is 5.59. The summed E-state index contributed by atoms with van der Waals surface area (Å²) in [6, 6.07) is 11.2. The van der Waals surface area contributed by atoms with Gasteiger partial charge in [0.2, 0.25) is 5.91 Å². The molecule has 0 aliphatic rings. The maximum Gasteiger partial charge on any atom is 0.269 e. The average molecular weight is 406 g/mol. The van der Waals surface area contributed by atoms with Crippen molar-refractivity contribution in [1.82, 2.24) is 16.2 Å². The van der Waals surface area contributed by atoms with E-state index < -0.39 is 11.8 Å². The molecule has 0 spiro atoms. The van der Waals surface area contributed by atoms with Crippen molar-refractivity contribution < 1.29 is 23.9 Å². The number of ether oxygens (including phenoxy) is 2. The van der Waals surface area contributed by atoms with Gasteiger partial charge >= 0.3 is 0 Å². The molecule has 0 bridgehead atoms. The van der Waals surface area contributed by atoms with Crippen LogP contribution in [0.4, 0.5) is 0 Å². The van der Waals surface area contributed by atoms with Gasteiger partial charge in [0.05, 0.1) is 24.8 Å². The van der Waals surface area contributed by atoms with E-state index in [0.29, 0.717) is 22.1 Å². The number of amides is 3. The summed E-state index contributed by atoms with van der Waals surface area (Å²) in [4.78, 5) is 36.0. The molecule has 28 heavy (non-hydrogen) atoms. The zero-order valence-electron chi connectivity index (χ0n) is 15.4. The number of methoxy groups -OCH3 is 2. The molecule has 0 aliphatic heterocycles. The molecule has 0 heterocycles. The van der Waals surface area contributed by atoms with Crippen molar-refractivity contribution in [2.45, 2.75) is 6.42 Å². The lowest BCUT2D eigenvalue weighted by molar-refractivity contribution is -0.121. The molecule has 0 saturated heterocycles. The first-order valence-corrected chi connectivity index (χ1v) is 8.67. The Bertz CT molecular complexity index is 850. The van der Waals surface area contributed by atoms with Crippen LogP contribution in [0.25, 0.3) is 0 Å². The monoisotopic (exact) mass is 405 g/mol. The van der Waals surface area contributed by atoms with Crippen LogP contribution in [0, 0.1) is 0 Å². The largest absolute Gasteiger partial charge is 0.497 e. The molecule has 148 valence electrons. The van der Waals surface area contributed by atoms with Gasteiger partial charge in [0.1, 0.15) is 11.5 Å². The van der Waals surface area contributed by atoms with E-state index in [0.717, 1.165) is 0 Å². The normalized spacial score (nSPS) is 9.96.